The van der Waals surface area contributed by atoms with Crippen molar-refractivity contribution in [3.05, 3.63) is 22.7 Å². The van der Waals surface area contributed by atoms with Gasteiger partial charge in [-0.2, -0.15) is 0 Å². The Morgan fingerprint density at radius 2 is 2.27 bits per heavy atom. The van der Waals surface area contributed by atoms with Crippen LogP contribution in [0, 0.1) is 0 Å². The third-order valence-electron chi connectivity index (χ3n) is 0.993. The molecule has 1 aromatic rings. The molecular weight excluding hydrogens is 160 g/mol. The van der Waals surface area contributed by atoms with E-state index in [1.165, 1.54) is 6.20 Å². The standard InChI is InChI=1S/C7H10N2OS/c1-5(2)11-7-4-8-3-6(10)9-7/h3-5H,1-2H3,(H,9,10). The lowest BCUT2D eigenvalue weighted by Gasteiger charge is -2.01. The number of nitrogens with zero attached hydrogens (tertiary/aromatic N) is 1. The topological polar surface area (TPSA) is 45.8 Å². The van der Waals surface area contributed by atoms with Gasteiger partial charge in [0.25, 0.3) is 5.56 Å². The molecule has 0 aliphatic rings. The van der Waals surface area contributed by atoms with Crippen molar-refractivity contribution in [2.75, 3.05) is 0 Å². The maximum Gasteiger partial charge on any atom is 0.267 e. The molecule has 4 heteroatoms. The molecule has 0 atom stereocenters. The van der Waals surface area contributed by atoms with Crippen molar-refractivity contribution in [3.8, 4) is 0 Å². The van der Waals surface area contributed by atoms with Crippen LogP contribution in [-0.4, -0.2) is 15.2 Å². The lowest BCUT2D eigenvalue weighted by Crippen LogP contribution is -2.06. The maximum absolute atomic E-state index is 10.7. The highest BCUT2D eigenvalue weighted by atomic mass is 32.2. The molecule has 1 rings (SSSR count). The van der Waals surface area contributed by atoms with Crippen LogP contribution in [0.5, 0.6) is 0 Å². The monoisotopic (exact) mass is 170 g/mol. The minimum atomic E-state index is -0.143. The first-order valence-corrected chi connectivity index (χ1v) is 4.27. The number of thioether (sulfide) groups is 1. The van der Waals surface area contributed by atoms with Gasteiger partial charge in [0, 0.05) is 5.25 Å². The summed E-state index contributed by atoms with van der Waals surface area (Å²) in [5.74, 6) is 0. The first-order chi connectivity index (χ1) is 5.18. The minimum Gasteiger partial charge on any atom is -0.314 e. The first kappa shape index (κ1) is 8.33. The zero-order valence-corrected chi connectivity index (χ0v) is 7.31. The fourth-order valence-electron chi connectivity index (χ4n) is 0.672. The zero-order valence-electron chi connectivity index (χ0n) is 6.50. The van der Waals surface area contributed by atoms with Crippen molar-refractivity contribution < 1.29 is 0 Å². The molecule has 0 saturated carbocycles. The molecule has 0 aromatic carbocycles. The number of hydrogen-bond donors (Lipinski definition) is 1. The van der Waals surface area contributed by atoms with Gasteiger partial charge in [0.2, 0.25) is 0 Å². The normalized spacial score (nSPS) is 10.5. The molecule has 1 N–H and O–H groups in total. The van der Waals surface area contributed by atoms with Crippen molar-refractivity contribution in [2.24, 2.45) is 0 Å². The van der Waals surface area contributed by atoms with Crippen molar-refractivity contribution in [1.29, 1.82) is 0 Å². The maximum atomic E-state index is 10.7. The SMILES string of the molecule is CC(C)Sc1cncc(=O)[nH]1. The smallest absolute Gasteiger partial charge is 0.267 e. The molecule has 60 valence electrons. The fraction of sp³-hybridized carbons (Fsp3) is 0.429. The predicted molar refractivity (Wildman–Crippen MR) is 45.9 cm³/mol. The van der Waals surface area contributed by atoms with Gasteiger partial charge in [-0.05, 0) is 0 Å². The molecule has 0 amide bonds. The molecule has 0 aliphatic heterocycles. The number of aromatic nitrogens is 2. The van der Waals surface area contributed by atoms with E-state index < -0.39 is 0 Å². The Morgan fingerprint density at radius 1 is 1.55 bits per heavy atom. The average molecular weight is 170 g/mol. The summed E-state index contributed by atoms with van der Waals surface area (Å²) in [5.41, 5.74) is -0.143. The third kappa shape index (κ3) is 2.76. The Morgan fingerprint density at radius 3 is 2.82 bits per heavy atom. The van der Waals surface area contributed by atoms with E-state index in [1.807, 2.05) is 0 Å². The molecule has 1 heterocycles. The number of nitrogens with one attached hydrogen (secondary N) is 1. The summed E-state index contributed by atoms with van der Waals surface area (Å²) in [6, 6.07) is 0. The van der Waals surface area contributed by atoms with E-state index in [4.69, 9.17) is 0 Å². The molecule has 0 fully saturated rings. The second-order valence-electron chi connectivity index (χ2n) is 2.43. The summed E-state index contributed by atoms with van der Waals surface area (Å²) >= 11 is 1.59. The summed E-state index contributed by atoms with van der Waals surface area (Å²) in [5, 5.41) is 1.29. The highest BCUT2D eigenvalue weighted by Crippen LogP contribution is 2.17. The Bertz CT molecular complexity index is 282. The van der Waals surface area contributed by atoms with Crippen LogP contribution in [0.4, 0.5) is 0 Å². The van der Waals surface area contributed by atoms with Gasteiger partial charge in [-0.3, -0.25) is 9.78 Å². The molecular formula is C7H10N2OS. The fourth-order valence-corrected chi connectivity index (χ4v) is 1.46. The highest BCUT2D eigenvalue weighted by Gasteiger charge is 1.97. The van der Waals surface area contributed by atoms with Gasteiger partial charge < -0.3 is 4.98 Å². The number of hydrogen-bond acceptors (Lipinski definition) is 3. The summed E-state index contributed by atoms with van der Waals surface area (Å²) in [4.78, 5) is 17.2. The van der Waals surface area contributed by atoms with E-state index in [0.717, 1.165) is 5.03 Å². The van der Waals surface area contributed by atoms with Crippen molar-refractivity contribution in [2.45, 2.75) is 24.1 Å². The number of H-pyrrole nitrogens is 1. The van der Waals surface area contributed by atoms with Crippen LogP contribution in [-0.2, 0) is 0 Å². The van der Waals surface area contributed by atoms with Crippen LogP contribution >= 0.6 is 11.8 Å². The van der Waals surface area contributed by atoms with Gasteiger partial charge in [-0.1, -0.05) is 13.8 Å². The van der Waals surface area contributed by atoms with Gasteiger partial charge in [0.15, 0.2) is 0 Å². The quantitative estimate of drug-likeness (QED) is 0.680. The number of rotatable bonds is 2. The van der Waals surface area contributed by atoms with Crippen molar-refractivity contribution in [1.82, 2.24) is 9.97 Å². The predicted octanol–water partition coefficient (Wildman–Crippen LogP) is 1.27. The van der Waals surface area contributed by atoms with Gasteiger partial charge in [-0.15, -0.1) is 11.8 Å². The molecule has 0 radical (unpaired) electrons. The van der Waals surface area contributed by atoms with Crippen LogP contribution in [0.25, 0.3) is 0 Å². The molecule has 0 unspecified atom stereocenters. The molecule has 0 spiro atoms. The second kappa shape index (κ2) is 3.57. The Labute approximate surface area is 69.3 Å². The minimum absolute atomic E-state index is 0.143. The van der Waals surface area contributed by atoms with Crippen LogP contribution in [0.3, 0.4) is 0 Å². The van der Waals surface area contributed by atoms with E-state index >= 15 is 0 Å². The molecule has 3 nitrogen and oxygen atoms in total. The highest BCUT2D eigenvalue weighted by molar-refractivity contribution is 7.99. The lowest BCUT2D eigenvalue weighted by atomic mass is 10.6. The molecule has 0 saturated heterocycles. The summed E-state index contributed by atoms with van der Waals surface area (Å²) in [7, 11) is 0. The summed E-state index contributed by atoms with van der Waals surface area (Å²) < 4.78 is 0. The van der Waals surface area contributed by atoms with Crippen LogP contribution in [0.2, 0.25) is 0 Å². The van der Waals surface area contributed by atoms with E-state index in [-0.39, 0.29) is 5.56 Å². The average Bonchev–Trinajstić information content (AvgIpc) is 1.85. The van der Waals surface area contributed by atoms with Crippen LogP contribution in [0.15, 0.2) is 22.2 Å². The first-order valence-electron chi connectivity index (χ1n) is 3.39. The largest absolute Gasteiger partial charge is 0.314 e. The van der Waals surface area contributed by atoms with Crippen LogP contribution in [0.1, 0.15) is 13.8 Å². The van der Waals surface area contributed by atoms with Crippen molar-refractivity contribution >= 4 is 11.8 Å². The van der Waals surface area contributed by atoms with E-state index in [0.29, 0.717) is 5.25 Å². The summed E-state index contributed by atoms with van der Waals surface area (Å²) in [6.45, 7) is 4.13. The second-order valence-corrected chi connectivity index (χ2v) is 4.05. The van der Waals surface area contributed by atoms with Gasteiger partial charge >= 0.3 is 0 Å². The summed E-state index contributed by atoms with van der Waals surface area (Å²) in [6.07, 6.45) is 2.93. The molecule has 0 bridgehead atoms. The van der Waals surface area contributed by atoms with Gasteiger partial charge in [0.05, 0.1) is 17.4 Å². The lowest BCUT2D eigenvalue weighted by molar-refractivity contribution is 0.994. The van der Waals surface area contributed by atoms with E-state index in [9.17, 15) is 4.79 Å². The van der Waals surface area contributed by atoms with Crippen molar-refractivity contribution in [3.63, 3.8) is 0 Å². The van der Waals surface area contributed by atoms with E-state index in [2.05, 4.69) is 23.8 Å². The molecule has 0 aliphatic carbocycles. The Kier molecular flexibility index (Phi) is 2.70. The number of aromatic amines is 1. The Hall–Kier alpha value is -0.770. The van der Waals surface area contributed by atoms with Crippen LogP contribution < -0.4 is 5.56 Å². The van der Waals surface area contributed by atoms with Gasteiger partial charge in [-0.25, -0.2) is 0 Å². The van der Waals surface area contributed by atoms with Gasteiger partial charge in [0.1, 0.15) is 0 Å². The zero-order chi connectivity index (χ0) is 8.27. The van der Waals surface area contributed by atoms with E-state index in [1.54, 1.807) is 18.0 Å². The Balaban J connectivity index is 2.80. The third-order valence-corrected chi connectivity index (χ3v) is 1.93. The molecule has 11 heavy (non-hydrogen) atoms. The molecule has 1 aromatic heterocycles.